The van der Waals surface area contributed by atoms with Crippen LogP contribution in [-0.2, 0) is 20.6 Å². The Kier molecular flexibility index (Phi) is 7.55. The molecule has 3 rings (SSSR count). The van der Waals surface area contributed by atoms with Crippen LogP contribution in [0.1, 0.15) is 5.56 Å². The predicted octanol–water partition coefficient (Wildman–Crippen LogP) is 3.86. The lowest BCUT2D eigenvalue weighted by atomic mass is 10.2. The van der Waals surface area contributed by atoms with Gasteiger partial charge in [-0.3, -0.25) is 4.79 Å². The molecule has 7 nitrogen and oxygen atoms in total. The second kappa shape index (κ2) is 9.92. The molecule has 12 heteroatoms. The van der Waals surface area contributed by atoms with E-state index < -0.39 is 10.0 Å². The van der Waals surface area contributed by atoms with Crippen molar-refractivity contribution in [2.45, 2.75) is 19.3 Å². The van der Waals surface area contributed by atoms with Gasteiger partial charge in [0, 0.05) is 16.5 Å². The van der Waals surface area contributed by atoms with Crippen LogP contribution < -0.4 is 10.5 Å². The average molecular weight is 487 g/mol. The topological polar surface area (TPSA) is 115 Å². The van der Waals surface area contributed by atoms with E-state index in [9.17, 15) is 13.2 Å². The quantitative estimate of drug-likeness (QED) is 0.464. The molecular formula is C17H15ClN4O3S4. The van der Waals surface area contributed by atoms with Crippen LogP contribution in [0.15, 0.2) is 62.1 Å². The fourth-order valence-electron chi connectivity index (χ4n) is 2.09. The van der Waals surface area contributed by atoms with Gasteiger partial charge in [0.25, 0.3) is 0 Å². The normalized spacial score (nSPS) is 11.4. The summed E-state index contributed by atoms with van der Waals surface area (Å²) >= 11 is 10.2. The van der Waals surface area contributed by atoms with E-state index in [4.69, 9.17) is 16.7 Å². The number of carbonyl (C=O) groups is 1. The van der Waals surface area contributed by atoms with Gasteiger partial charge in [0.05, 0.1) is 10.6 Å². The molecule has 3 aromatic rings. The Labute approximate surface area is 185 Å². The summed E-state index contributed by atoms with van der Waals surface area (Å²) in [5, 5.41) is 16.7. The SMILES string of the molecule is NS(=O)(=O)c1ccc(NC(=O)CSc2nnc(SCc3ccc(Cl)cc3)s2)cc1. The van der Waals surface area contributed by atoms with E-state index in [1.54, 1.807) is 11.8 Å². The maximum atomic E-state index is 12.1. The summed E-state index contributed by atoms with van der Waals surface area (Å²) in [4.78, 5) is 12.1. The van der Waals surface area contributed by atoms with Crippen LogP contribution in [0.5, 0.6) is 0 Å². The number of thioether (sulfide) groups is 2. The third-order valence-corrected chi connectivity index (χ3v) is 7.90. The lowest BCUT2D eigenvalue weighted by Crippen LogP contribution is -2.15. The van der Waals surface area contributed by atoms with Crippen LogP contribution in [0, 0.1) is 0 Å². The van der Waals surface area contributed by atoms with Crippen LogP contribution in [-0.4, -0.2) is 30.3 Å². The molecule has 0 radical (unpaired) electrons. The number of primary sulfonamides is 1. The molecule has 1 heterocycles. The maximum absolute atomic E-state index is 12.1. The minimum Gasteiger partial charge on any atom is -0.325 e. The Morgan fingerprint density at radius 3 is 2.28 bits per heavy atom. The molecule has 1 amide bonds. The molecular weight excluding hydrogens is 472 g/mol. The maximum Gasteiger partial charge on any atom is 0.238 e. The first kappa shape index (κ1) is 22.1. The fourth-order valence-corrected chi connectivity index (χ4v) is 5.51. The van der Waals surface area contributed by atoms with Gasteiger partial charge >= 0.3 is 0 Å². The minimum absolute atomic E-state index is 0.0117. The highest BCUT2D eigenvalue weighted by Crippen LogP contribution is 2.31. The van der Waals surface area contributed by atoms with Crippen LogP contribution in [0.2, 0.25) is 5.02 Å². The number of nitrogens with one attached hydrogen (secondary N) is 1. The van der Waals surface area contributed by atoms with Crippen molar-refractivity contribution in [2.75, 3.05) is 11.1 Å². The summed E-state index contributed by atoms with van der Waals surface area (Å²) in [6.07, 6.45) is 0. The van der Waals surface area contributed by atoms with Gasteiger partial charge in [0.15, 0.2) is 8.68 Å². The number of nitrogens with two attached hydrogens (primary N) is 1. The van der Waals surface area contributed by atoms with Gasteiger partial charge in [-0.15, -0.1) is 10.2 Å². The molecule has 0 fully saturated rings. The molecule has 0 spiro atoms. The number of rotatable bonds is 8. The minimum atomic E-state index is -3.76. The second-order valence-corrected chi connectivity index (χ2v) is 11.1. The molecule has 0 atom stereocenters. The Bertz CT molecular complexity index is 1090. The molecule has 0 aliphatic carbocycles. The number of amides is 1. The molecule has 0 saturated carbocycles. The van der Waals surface area contributed by atoms with E-state index in [0.29, 0.717) is 15.0 Å². The number of carbonyl (C=O) groups excluding carboxylic acids is 1. The van der Waals surface area contributed by atoms with Crippen molar-refractivity contribution in [3.8, 4) is 0 Å². The van der Waals surface area contributed by atoms with Gasteiger partial charge in [-0.05, 0) is 42.0 Å². The third kappa shape index (κ3) is 6.98. The van der Waals surface area contributed by atoms with E-state index in [0.717, 1.165) is 15.7 Å². The smallest absolute Gasteiger partial charge is 0.238 e. The van der Waals surface area contributed by atoms with Gasteiger partial charge < -0.3 is 5.32 Å². The molecule has 0 saturated heterocycles. The zero-order chi connectivity index (χ0) is 20.9. The number of hydrogen-bond donors (Lipinski definition) is 2. The molecule has 29 heavy (non-hydrogen) atoms. The van der Waals surface area contributed by atoms with Gasteiger partial charge in [0.2, 0.25) is 15.9 Å². The van der Waals surface area contributed by atoms with Crippen molar-refractivity contribution >= 4 is 68.1 Å². The third-order valence-electron chi connectivity index (χ3n) is 3.46. The predicted molar refractivity (Wildman–Crippen MR) is 118 cm³/mol. The van der Waals surface area contributed by atoms with Crippen LogP contribution in [0.25, 0.3) is 0 Å². The highest BCUT2D eigenvalue weighted by molar-refractivity contribution is 8.03. The van der Waals surface area contributed by atoms with E-state index >= 15 is 0 Å². The Morgan fingerprint density at radius 1 is 1.03 bits per heavy atom. The number of nitrogens with zero attached hydrogens (tertiary/aromatic N) is 2. The van der Waals surface area contributed by atoms with Crippen molar-refractivity contribution in [1.82, 2.24) is 10.2 Å². The van der Waals surface area contributed by atoms with E-state index in [1.165, 1.54) is 47.4 Å². The van der Waals surface area contributed by atoms with E-state index in [-0.39, 0.29) is 16.6 Å². The van der Waals surface area contributed by atoms with Crippen LogP contribution in [0.4, 0.5) is 5.69 Å². The molecule has 0 aliphatic heterocycles. The lowest BCUT2D eigenvalue weighted by Gasteiger charge is -2.05. The standard InChI is InChI=1S/C17H15ClN4O3S4/c18-12-3-1-11(2-4-12)9-26-16-21-22-17(28-16)27-10-15(23)20-13-5-7-14(8-6-13)29(19,24)25/h1-8H,9-10H2,(H,20,23)(H2,19,24,25). The van der Waals surface area contributed by atoms with Gasteiger partial charge in [-0.2, -0.15) is 0 Å². The van der Waals surface area contributed by atoms with E-state index in [1.807, 2.05) is 24.3 Å². The Morgan fingerprint density at radius 2 is 1.66 bits per heavy atom. The highest BCUT2D eigenvalue weighted by Gasteiger charge is 2.11. The van der Waals surface area contributed by atoms with Crippen molar-refractivity contribution in [1.29, 1.82) is 0 Å². The van der Waals surface area contributed by atoms with Gasteiger partial charge in [0.1, 0.15) is 0 Å². The molecule has 3 N–H and O–H groups in total. The lowest BCUT2D eigenvalue weighted by molar-refractivity contribution is -0.113. The summed E-state index contributed by atoms with van der Waals surface area (Å²) < 4.78 is 24.0. The molecule has 0 unspecified atom stereocenters. The van der Waals surface area contributed by atoms with Crippen molar-refractivity contribution in [3.63, 3.8) is 0 Å². The summed E-state index contributed by atoms with van der Waals surface area (Å²) in [5.74, 6) is 0.683. The van der Waals surface area contributed by atoms with Gasteiger partial charge in [-0.1, -0.05) is 58.6 Å². The van der Waals surface area contributed by atoms with Crippen molar-refractivity contribution < 1.29 is 13.2 Å². The van der Waals surface area contributed by atoms with Crippen molar-refractivity contribution in [3.05, 3.63) is 59.1 Å². The summed E-state index contributed by atoms with van der Waals surface area (Å²) in [6, 6.07) is 13.3. The molecule has 1 aromatic heterocycles. The largest absolute Gasteiger partial charge is 0.325 e. The summed E-state index contributed by atoms with van der Waals surface area (Å²) in [7, 11) is -3.76. The Balaban J connectivity index is 1.46. The van der Waals surface area contributed by atoms with Crippen LogP contribution >= 0.6 is 46.5 Å². The number of sulfonamides is 1. The highest BCUT2D eigenvalue weighted by atomic mass is 35.5. The average Bonchev–Trinajstić information content (AvgIpc) is 3.14. The first-order chi connectivity index (χ1) is 13.8. The first-order valence-electron chi connectivity index (χ1n) is 8.06. The zero-order valence-corrected chi connectivity index (χ0v) is 18.8. The number of benzene rings is 2. The molecule has 152 valence electrons. The number of hydrogen-bond acceptors (Lipinski definition) is 8. The Hall–Kier alpha value is -1.63. The first-order valence-corrected chi connectivity index (χ1v) is 12.8. The van der Waals surface area contributed by atoms with Crippen molar-refractivity contribution in [2.24, 2.45) is 5.14 Å². The summed E-state index contributed by atoms with van der Waals surface area (Å²) in [6.45, 7) is 0. The van der Waals surface area contributed by atoms with Crippen LogP contribution in [0.3, 0.4) is 0 Å². The number of anilines is 1. The molecule has 0 aliphatic rings. The second-order valence-electron chi connectivity index (χ2n) is 5.66. The molecule has 0 bridgehead atoms. The van der Waals surface area contributed by atoms with Gasteiger partial charge in [-0.25, -0.2) is 13.6 Å². The monoisotopic (exact) mass is 486 g/mol. The number of halogens is 1. The zero-order valence-electron chi connectivity index (χ0n) is 14.7. The fraction of sp³-hybridized carbons (Fsp3) is 0.118. The number of aromatic nitrogens is 2. The summed E-state index contributed by atoms with van der Waals surface area (Å²) in [5.41, 5.74) is 1.62. The van der Waals surface area contributed by atoms with E-state index in [2.05, 4.69) is 15.5 Å². The molecule has 2 aromatic carbocycles.